The van der Waals surface area contributed by atoms with E-state index in [-0.39, 0.29) is 18.3 Å². The lowest BCUT2D eigenvalue weighted by molar-refractivity contribution is -0.148. The molecule has 2 atom stereocenters. The van der Waals surface area contributed by atoms with Crippen molar-refractivity contribution in [2.45, 2.75) is 38.9 Å². The Morgan fingerprint density at radius 3 is 2.65 bits per heavy atom. The standard InChI is InChI=1S/C12H18O5/c1-7(5-9(13)11(15)16-4)8-6-10(14)17-12(8,2)3/h5,8-9,13H,6H2,1-4H3. The average Bonchev–Trinajstić information content (AvgIpc) is 2.50. The number of hydrogen-bond acceptors (Lipinski definition) is 5. The first-order valence-corrected chi connectivity index (χ1v) is 5.44. The van der Waals surface area contributed by atoms with Gasteiger partial charge < -0.3 is 14.6 Å². The van der Waals surface area contributed by atoms with Crippen molar-refractivity contribution in [1.29, 1.82) is 0 Å². The highest BCUT2D eigenvalue weighted by molar-refractivity contribution is 5.77. The molecule has 1 rings (SSSR count). The van der Waals surface area contributed by atoms with Gasteiger partial charge in [0.05, 0.1) is 13.5 Å². The van der Waals surface area contributed by atoms with E-state index in [1.54, 1.807) is 6.92 Å². The Kier molecular flexibility index (Phi) is 3.93. The van der Waals surface area contributed by atoms with E-state index in [9.17, 15) is 14.7 Å². The largest absolute Gasteiger partial charge is 0.467 e. The zero-order valence-electron chi connectivity index (χ0n) is 10.5. The molecule has 5 nitrogen and oxygen atoms in total. The van der Waals surface area contributed by atoms with Gasteiger partial charge in [-0.25, -0.2) is 4.79 Å². The Morgan fingerprint density at radius 2 is 2.24 bits per heavy atom. The lowest BCUT2D eigenvalue weighted by Crippen LogP contribution is -2.29. The molecule has 17 heavy (non-hydrogen) atoms. The van der Waals surface area contributed by atoms with Crippen LogP contribution in [0, 0.1) is 5.92 Å². The zero-order valence-corrected chi connectivity index (χ0v) is 10.5. The Bertz CT molecular complexity index is 356. The topological polar surface area (TPSA) is 72.8 Å². The van der Waals surface area contributed by atoms with Crippen molar-refractivity contribution in [1.82, 2.24) is 0 Å². The number of cyclic esters (lactones) is 1. The van der Waals surface area contributed by atoms with E-state index in [1.165, 1.54) is 13.2 Å². The van der Waals surface area contributed by atoms with E-state index in [1.807, 2.05) is 13.8 Å². The van der Waals surface area contributed by atoms with Gasteiger partial charge in [-0.3, -0.25) is 4.79 Å². The minimum atomic E-state index is -1.30. The first-order chi connectivity index (χ1) is 7.77. The number of methoxy groups -OCH3 is 1. The summed E-state index contributed by atoms with van der Waals surface area (Å²) < 4.78 is 9.59. The second-order valence-electron chi connectivity index (χ2n) is 4.71. The smallest absolute Gasteiger partial charge is 0.338 e. The van der Waals surface area contributed by atoms with Crippen molar-refractivity contribution in [3.05, 3.63) is 11.6 Å². The van der Waals surface area contributed by atoms with Crippen LogP contribution in [0.3, 0.4) is 0 Å². The SMILES string of the molecule is COC(=O)C(O)C=C(C)C1CC(=O)OC1(C)C. The van der Waals surface area contributed by atoms with Gasteiger partial charge in [-0.05, 0) is 26.8 Å². The van der Waals surface area contributed by atoms with Crippen LogP contribution in [0.15, 0.2) is 11.6 Å². The lowest BCUT2D eigenvalue weighted by atomic mass is 9.84. The predicted molar refractivity (Wildman–Crippen MR) is 60.1 cm³/mol. The van der Waals surface area contributed by atoms with Gasteiger partial charge in [0.15, 0.2) is 6.10 Å². The minimum Gasteiger partial charge on any atom is -0.467 e. The van der Waals surface area contributed by atoms with Crippen molar-refractivity contribution >= 4 is 11.9 Å². The molecule has 1 aliphatic heterocycles. The quantitative estimate of drug-likeness (QED) is 0.585. The fraction of sp³-hybridized carbons (Fsp3) is 0.667. The monoisotopic (exact) mass is 242 g/mol. The molecule has 0 aromatic rings. The molecular weight excluding hydrogens is 224 g/mol. The molecule has 0 amide bonds. The minimum absolute atomic E-state index is 0.130. The molecule has 0 saturated carbocycles. The normalized spacial score (nSPS) is 25.4. The summed E-state index contributed by atoms with van der Waals surface area (Å²) in [5.74, 6) is -1.11. The van der Waals surface area contributed by atoms with Crippen molar-refractivity contribution in [3.8, 4) is 0 Å². The molecule has 1 N–H and O–H groups in total. The molecule has 0 aromatic carbocycles. The average molecular weight is 242 g/mol. The van der Waals surface area contributed by atoms with Crippen molar-refractivity contribution in [2.75, 3.05) is 7.11 Å². The first kappa shape index (κ1) is 13.7. The van der Waals surface area contributed by atoms with Crippen LogP contribution in [0.4, 0.5) is 0 Å². The third kappa shape index (κ3) is 3.06. The van der Waals surface area contributed by atoms with E-state index in [2.05, 4.69) is 4.74 Å². The maximum Gasteiger partial charge on any atom is 0.338 e. The van der Waals surface area contributed by atoms with Gasteiger partial charge in [0.1, 0.15) is 5.60 Å². The summed E-state index contributed by atoms with van der Waals surface area (Å²) in [7, 11) is 1.21. The Hall–Kier alpha value is -1.36. The molecule has 1 aliphatic rings. The zero-order chi connectivity index (χ0) is 13.2. The predicted octanol–water partition coefficient (Wildman–Crippen LogP) is 0.808. The van der Waals surface area contributed by atoms with Crippen LogP contribution in [0.5, 0.6) is 0 Å². The number of esters is 2. The second kappa shape index (κ2) is 4.87. The molecular formula is C12H18O5. The number of aliphatic hydroxyl groups excluding tert-OH is 1. The number of rotatable bonds is 3. The maximum atomic E-state index is 11.2. The molecule has 0 bridgehead atoms. The number of carbonyl (C=O) groups is 2. The van der Waals surface area contributed by atoms with Crippen LogP contribution in [0.1, 0.15) is 27.2 Å². The van der Waals surface area contributed by atoms with E-state index in [4.69, 9.17) is 4.74 Å². The summed E-state index contributed by atoms with van der Waals surface area (Å²) in [4.78, 5) is 22.3. The van der Waals surface area contributed by atoms with Gasteiger partial charge in [-0.2, -0.15) is 0 Å². The molecule has 0 aliphatic carbocycles. The van der Waals surface area contributed by atoms with Crippen LogP contribution in [0.25, 0.3) is 0 Å². The molecule has 0 aromatic heterocycles. The summed E-state index contributed by atoms with van der Waals surface area (Å²) in [5, 5.41) is 9.51. The molecule has 0 radical (unpaired) electrons. The summed E-state index contributed by atoms with van der Waals surface area (Å²) in [6.45, 7) is 5.38. The van der Waals surface area contributed by atoms with Crippen LogP contribution < -0.4 is 0 Å². The molecule has 5 heteroatoms. The second-order valence-corrected chi connectivity index (χ2v) is 4.71. The molecule has 0 spiro atoms. The number of aliphatic hydroxyl groups is 1. The highest BCUT2D eigenvalue weighted by Gasteiger charge is 2.42. The van der Waals surface area contributed by atoms with E-state index < -0.39 is 17.7 Å². The van der Waals surface area contributed by atoms with Crippen LogP contribution in [-0.4, -0.2) is 35.9 Å². The molecule has 1 heterocycles. The third-order valence-corrected chi connectivity index (χ3v) is 3.00. The Morgan fingerprint density at radius 1 is 1.65 bits per heavy atom. The maximum absolute atomic E-state index is 11.2. The molecule has 1 saturated heterocycles. The fourth-order valence-electron chi connectivity index (χ4n) is 2.08. The highest BCUT2D eigenvalue weighted by atomic mass is 16.6. The Labute approximate surface area is 100 Å². The fourth-order valence-corrected chi connectivity index (χ4v) is 2.08. The highest BCUT2D eigenvalue weighted by Crippen LogP contribution is 2.37. The summed E-state index contributed by atoms with van der Waals surface area (Å²) >= 11 is 0. The first-order valence-electron chi connectivity index (χ1n) is 5.44. The molecule has 96 valence electrons. The van der Waals surface area contributed by atoms with Gasteiger partial charge in [-0.15, -0.1) is 0 Å². The van der Waals surface area contributed by atoms with Gasteiger partial charge in [0.2, 0.25) is 0 Å². The third-order valence-electron chi connectivity index (χ3n) is 3.00. The number of hydrogen-bond donors (Lipinski definition) is 1. The van der Waals surface area contributed by atoms with Gasteiger partial charge >= 0.3 is 11.9 Å². The summed E-state index contributed by atoms with van der Waals surface area (Å²) in [5.41, 5.74) is 0.145. The van der Waals surface area contributed by atoms with Crippen molar-refractivity contribution < 1.29 is 24.2 Å². The van der Waals surface area contributed by atoms with Gasteiger partial charge in [0, 0.05) is 5.92 Å². The van der Waals surface area contributed by atoms with Crippen LogP contribution in [-0.2, 0) is 19.1 Å². The van der Waals surface area contributed by atoms with Crippen LogP contribution >= 0.6 is 0 Å². The molecule has 2 unspecified atom stereocenters. The molecule has 1 fully saturated rings. The van der Waals surface area contributed by atoms with E-state index in [0.29, 0.717) is 0 Å². The van der Waals surface area contributed by atoms with Crippen molar-refractivity contribution in [2.24, 2.45) is 5.92 Å². The van der Waals surface area contributed by atoms with E-state index >= 15 is 0 Å². The van der Waals surface area contributed by atoms with Crippen molar-refractivity contribution in [3.63, 3.8) is 0 Å². The Balaban J connectivity index is 2.83. The van der Waals surface area contributed by atoms with E-state index in [0.717, 1.165) is 5.57 Å². The van der Waals surface area contributed by atoms with Crippen LogP contribution in [0.2, 0.25) is 0 Å². The lowest BCUT2D eigenvalue weighted by Gasteiger charge is -2.25. The summed E-state index contributed by atoms with van der Waals surface area (Å²) in [6.07, 6.45) is 0.371. The van der Waals surface area contributed by atoms with Gasteiger partial charge in [0.25, 0.3) is 0 Å². The number of carbonyl (C=O) groups excluding carboxylic acids is 2. The number of ether oxygens (including phenoxy) is 2. The van der Waals surface area contributed by atoms with Gasteiger partial charge in [-0.1, -0.05) is 5.57 Å². The summed E-state index contributed by atoms with van der Waals surface area (Å²) in [6, 6.07) is 0.